The Bertz CT molecular complexity index is 1140. The van der Waals surface area contributed by atoms with Crippen LogP contribution in [0.5, 0.6) is 0 Å². The number of hydrogen-bond donors (Lipinski definition) is 2. The van der Waals surface area contributed by atoms with Crippen molar-refractivity contribution in [2.45, 2.75) is 63.7 Å². The highest BCUT2D eigenvalue weighted by atomic mass is 32.2. The molecule has 0 unspecified atom stereocenters. The Morgan fingerprint density at radius 2 is 1.94 bits per heavy atom. The minimum Gasteiger partial charge on any atom is -0.444 e. The van der Waals surface area contributed by atoms with E-state index < -0.39 is 15.6 Å². The summed E-state index contributed by atoms with van der Waals surface area (Å²) < 4.78 is 31.3. The molecule has 10 heteroatoms. The molecule has 0 saturated heterocycles. The maximum Gasteiger partial charge on any atom is 0.411 e. The van der Waals surface area contributed by atoms with Gasteiger partial charge in [0.05, 0.1) is 24.8 Å². The lowest BCUT2D eigenvalue weighted by molar-refractivity contribution is 0.0168. The molecule has 1 atom stereocenters. The van der Waals surface area contributed by atoms with Crippen molar-refractivity contribution < 1.29 is 22.7 Å². The van der Waals surface area contributed by atoms with E-state index >= 15 is 0 Å². The Labute approximate surface area is 194 Å². The van der Waals surface area contributed by atoms with E-state index in [1.807, 2.05) is 33.8 Å². The lowest BCUT2D eigenvalue weighted by Gasteiger charge is -2.28. The first kappa shape index (κ1) is 24.7. The van der Waals surface area contributed by atoms with Crippen molar-refractivity contribution in [3.8, 4) is 0 Å². The number of aromatic nitrogens is 1. The average molecular weight is 475 g/mol. The maximum absolute atomic E-state index is 12.7. The molecule has 0 spiro atoms. The predicted molar refractivity (Wildman–Crippen MR) is 123 cm³/mol. The molecule has 0 saturated carbocycles. The third-order valence-electron chi connectivity index (χ3n) is 5.30. The van der Waals surface area contributed by atoms with Gasteiger partial charge < -0.3 is 10.1 Å². The molecule has 2 amide bonds. The Hall–Kier alpha value is -2.98. The van der Waals surface area contributed by atoms with E-state index in [0.29, 0.717) is 17.8 Å². The number of hydrogen-bond acceptors (Lipinski definition) is 6. The highest BCUT2D eigenvalue weighted by Crippen LogP contribution is 2.37. The minimum absolute atomic E-state index is 0.0544. The molecule has 1 aromatic carbocycles. The first-order valence-corrected chi connectivity index (χ1v) is 12.2. The highest BCUT2D eigenvalue weighted by molar-refractivity contribution is 7.89. The average Bonchev–Trinajstić information content (AvgIpc) is 3.14. The van der Waals surface area contributed by atoms with Crippen LogP contribution < -0.4 is 10.0 Å². The SMILES string of the molecule is CC[C@H]1c2ccc(C(=O)NCc3ccc(S(=O)(=O)NC)cn3)cc2CN1C(=O)OC(C)(C)C. The summed E-state index contributed by atoms with van der Waals surface area (Å²) in [5.74, 6) is -0.282. The number of benzene rings is 1. The molecule has 0 bridgehead atoms. The van der Waals surface area contributed by atoms with Crippen molar-refractivity contribution >= 4 is 22.0 Å². The van der Waals surface area contributed by atoms with Gasteiger partial charge in [-0.3, -0.25) is 14.7 Å². The second kappa shape index (κ2) is 9.48. The van der Waals surface area contributed by atoms with E-state index in [1.165, 1.54) is 19.3 Å². The molecule has 9 nitrogen and oxygen atoms in total. The van der Waals surface area contributed by atoms with Crippen LogP contribution in [0.15, 0.2) is 41.4 Å². The summed E-state index contributed by atoms with van der Waals surface area (Å²) in [6.07, 6.45) is 1.62. The van der Waals surface area contributed by atoms with Gasteiger partial charge in [-0.1, -0.05) is 13.0 Å². The lowest BCUT2D eigenvalue weighted by Crippen LogP contribution is -2.35. The molecule has 1 aliphatic rings. The van der Waals surface area contributed by atoms with E-state index in [1.54, 1.807) is 23.1 Å². The third-order valence-corrected chi connectivity index (χ3v) is 6.70. The number of rotatable bonds is 6. The van der Waals surface area contributed by atoms with Gasteiger partial charge in [-0.05, 0) is 69.6 Å². The van der Waals surface area contributed by atoms with Gasteiger partial charge in [0.15, 0.2) is 0 Å². The van der Waals surface area contributed by atoms with Gasteiger partial charge in [0.25, 0.3) is 5.91 Å². The molecule has 1 aliphatic heterocycles. The molecule has 0 fully saturated rings. The van der Waals surface area contributed by atoms with Crippen LogP contribution in [-0.2, 0) is 27.8 Å². The molecular formula is C23H30N4O5S. The van der Waals surface area contributed by atoms with Crippen molar-refractivity contribution in [3.63, 3.8) is 0 Å². The monoisotopic (exact) mass is 474 g/mol. The number of pyridine rings is 1. The van der Waals surface area contributed by atoms with Gasteiger partial charge in [-0.2, -0.15) is 0 Å². The van der Waals surface area contributed by atoms with Crippen LogP contribution >= 0.6 is 0 Å². The zero-order chi connectivity index (χ0) is 24.4. The molecule has 0 radical (unpaired) electrons. The third kappa shape index (κ3) is 5.69. The van der Waals surface area contributed by atoms with Crippen LogP contribution in [0.25, 0.3) is 0 Å². The van der Waals surface area contributed by atoms with Gasteiger partial charge >= 0.3 is 6.09 Å². The Kier molecular flexibility index (Phi) is 7.08. The van der Waals surface area contributed by atoms with Crippen LogP contribution in [0.1, 0.15) is 67.3 Å². The summed E-state index contributed by atoms with van der Waals surface area (Å²) in [5, 5.41) is 2.80. The van der Waals surface area contributed by atoms with Crippen LogP contribution in [0.2, 0.25) is 0 Å². The normalized spacial score (nSPS) is 15.8. The standard InChI is InChI=1S/C23H30N4O5S/c1-6-20-19-10-7-15(11-16(19)14-27(20)22(29)32-23(2,3)4)21(28)26-12-17-8-9-18(13-25-17)33(30,31)24-5/h7-11,13,20,24H,6,12,14H2,1-5H3,(H,26,28)/t20-/m0/s1. The summed E-state index contributed by atoms with van der Waals surface area (Å²) in [6, 6.07) is 8.32. The van der Waals surface area contributed by atoms with E-state index in [9.17, 15) is 18.0 Å². The number of amides is 2. The van der Waals surface area contributed by atoms with Crippen molar-refractivity contribution in [1.29, 1.82) is 0 Å². The molecule has 2 N–H and O–H groups in total. The summed E-state index contributed by atoms with van der Waals surface area (Å²) >= 11 is 0. The topological polar surface area (TPSA) is 118 Å². The molecule has 178 valence electrons. The molecule has 2 aromatic rings. The smallest absolute Gasteiger partial charge is 0.411 e. The second-order valence-electron chi connectivity index (χ2n) is 8.82. The van der Waals surface area contributed by atoms with Crippen LogP contribution in [-0.4, -0.2) is 43.0 Å². The molecular weight excluding hydrogens is 444 g/mol. The summed E-state index contributed by atoms with van der Waals surface area (Å²) in [7, 11) is -2.23. The number of ether oxygens (including phenoxy) is 1. The fourth-order valence-electron chi connectivity index (χ4n) is 3.69. The Balaban J connectivity index is 1.68. The summed E-state index contributed by atoms with van der Waals surface area (Å²) in [5.41, 5.74) is 2.35. The molecule has 33 heavy (non-hydrogen) atoms. The van der Waals surface area contributed by atoms with Crippen LogP contribution in [0.4, 0.5) is 4.79 Å². The van der Waals surface area contributed by atoms with Gasteiger partial charge in [0.1, 0.15) is 10.5 Å². The summed E-state index contributed by atoms with van der Waals surface area (Å²) in [6.45, 7) is 8.04. The number of nitrogens with one attached hydrogen (secondary N) is 2. The number of fused-ring (bicyclic) bond motifs is 1. The predicted octanol–water partition coefficient (Wildman–Crippen LogP) is 3.12. The van der Waals surface area contributed by atoms with Crippen molar-refractivity contribution in [2.24, 2.45) is 0 Å². The Morgan fingerprint density at radius 3 is 2.52 bits per heavy atom. The van der Waals surface area contributed by atoms with E-state index in [-0.39, 0.29) is 29.5 Å². The fourth-order valence-corrected chi connectivity index (χ4v) is 4.36. The van der Waals surface area contributed by atoms with E-state index in [2.05, 4.69) is 15.0 Å². The molecule has 2 heterocycles. The quantitative estimate of drug-likeness (QED) is 0.664. The number of carbonyl (C=O) groups excluding carboxylic acids is 2. The first-order chi connectivity index (χ1) is 15.4. The maximum atomic E-state index is 12.7. The van der Waals surface area contributed by atoms with Gasteiger partial charge in [-0.15, -0.1) is 0 Å². The lowest BCUT2D eigenvalue weighted by atomic mass is 10.0. The second-order valence-corrected chi connectivity index (χ2v) is 10.7. The molecule has 3 rings (SSSR count). The van der Waals surface area contributed by atoms with E-state index in [4.69, 9.17) is 4.74 Å². The van der Waals surface area contributed by atoms with Crippen LogP contribution in [0, 0.1) is 0 Å². The summed E-state index contributed by atoms with van der Waals surface area (Å²) in [4.78, 5) is 31.2. The number of nitrogens with zero attached hydrogens (tertiary/aromatic N) is 2. The van der Waals surface area contributed by atoms with Crippen molar-refractivity contribution in [3.05, 3.63) is 58.9 Å². The minimum atomic E-state index is -3.56. The van der Waals surface area contributed by atoms with Crippen LogP contribution in [0.3, 0.4) is 0 Å². The largest absolute Gasteiger partial charge is 0.444 e. The Morgan fingerprint density at radius 1 is 1.21 bits per heavy atom. The zero-order valence-electron chi connectivity index (χ0n) is 19.5. The first-order valence-electron chi connectivity index (χ1n) is 10.7. The van der Waals surface area contributed by atoms with Crippen molar-refractivity contribution in [2.75, 3.05) is 7.05 Å². The van der Waals surface area contributed by atoms with Gasteiger partial charge in [0, 0.05) is 11.8 Å². The van der Waals surface area contributed by atoms with Crippen molar-refractivity contribution in [1.82, 2.24) is 19.9 Å². The van der Waals surface area contributed by atoms with E-state index in [0.717, 1.165) is 17.5 Å². The number of sulfonamides is 1. The number of carbonyl (C=O) groups is 2. The molecule has 0 aliphatic carbocycles. The van der Waals surface area contributed by atoms with Gasteiger partial charge in [-0.25, -0.2) is 17.9 Å². The highest BCUT2D eigenvalue weighted by Gasteiger charge is 2.35. The fraction of sp³-hybridized carbons (Fsp3) is 0.435. The molecule has 1 aromatic heterocycles. The van der Waals surface area contributed by atoms with Gasteiger partial charge in [0.2, 0.25) is 10.0 Å². The zero-order valence-corrected chi connectivity index (χ0v) is 20.3.